The molecule has 0 saturated heterocycles. The number of methoxy groups -OCH3 is 1. The lowest BCUT2D eigenvalue weighted by Gasteiger charge is -2.14. The van der Waals surface area contributed by atoms with Crippen LogP contribution in [0.25, 0.3) is 0 Å². The molecule has 4 heteroatoms. The fraction of sp³-hybridized carbons (Fsp3) is 0.667. The van der Waals surface area contributed by atoms with Gasteiger partial charge in [0, 0.05) is 12.8 Å². The highest BCUT2D eigenvalue weighted by Gasteiger charge is 2.18. The Morgan fingerprint density at radius 2 is 2.12 bits per heavy atom. The van der Waals surface area contributed by atoms with Crippen LogP contribution in [0.1, 0.15) is 48.6 Å². The van der Waals surface area contributed by atoms with Crippen molar-refractivity contribution in [1.29, 1.82) is 0 Å². The van der Waals surface area contributed by atoms with Crippen LogP contribution in [-0.2, 0) is 17.6 Å². The molecule has 1 atom stereocenters. The van der Waals surface area contributed by atoms with E-state index in [9.17, 15) is 4.79 Å². The van der Waals surface area contributed by atoms with E-state index in [1.54, 1.807) is 7.11 Å². The first-order valence-electron chi connectivity index (χ1n) is 5.73. The summed E-state index contributed by atoms with van der Waals surface area (Å²) in [5.41, 5.74) is 2.65. The molecule has 0 fully saturated rings. The van der Waals surface area contributed by atoms with E-state index in [2.05, 4.69) is 5.10 Å². The van der Waals surface area contributed by atoms with E-state index in [4.69, 9.17) is 4.74 Å². The number of aldehydes is 1. The smallest absolute Gasteiger partial charge is 0.153 e. The van der Waals surface area contributed by atoms with E-state index in [0.717, 1.165) is 36.1 Å². The molecule has 16 heavy (non-hydrogen) atoms. The molecule has 90 valence electrons. The lowest BCUT2D eigenvalue weighted by atomic mass is 10.1. The van der Waals surface area contributed by atoms with E-state index in [-0.39, 0.29) is 6.04 Å². The number of aromatic nitrogens is 2. The predicted octanol–water partition coefficient (Wildman–Crippen LogP) is 2.03. The fourth-order valence-corrected chi connectivity index (χ4v) is 1.96. The number of rotatable bonds is 6. The minimum absolute atomic E-state index is 0.166. The van der Waals surface area contributed by atoms with Crippen molar-refractivity contribution in [2.24, 2.45) is 0 Å². The summed E-state index contributed by atoms with van der Waals surface area (Å²) < 4.78 is 7.05. The van der Waals surface area contributed by atoms with Crippen molar-refractivity contribution in [2.75, 3.05) is 13.7 Å². The van der Waals surface area contributed by atoms with Crippen LogP contribution in [-0.4, -0.2) is 29.8 Å². The predicted molar refractivity (Wildman–Crippen MR) is 63.0 cm³/mol. The molecule has 0 N–H and O–H groups in total. The monoisotopic (exact) mass is 224 g/mol. The summed E-state index contributed by atoms with van der Waals surface area (Å²) in [7, 11) is 1.67. The lowest BCUT2D eigenvalue weighted by Crippen LogP contribution is -2.15. The fourth-order valence-electron chi connectivity index (χ4n) is 1.96. The average Bonchev–Trinajstić information content (AvgIpc) is 2.66. The maximum atomic E-state index is 11.1. The van der Waals surface area contributed by atoms with Crippen LogP contribution >= 0.6 is 0 Å². The summed E-state index contributed by atoms with van der Waals surface area (Å²) in [6, 6.07) is 0.166. The molecule has 0 amide bonds. The van der Waals surface area contributed by atoms with Crippen LogP contribution in [0.3, 0.4) is 0 Å². The van der Waals surface area contributed by atoms with Gasteiger partial charge in [-0.15, -0.1) is 0 Å². The normalized spacial score (nSPS) is 12.8. The zero-order chi connectivity index (χ0) is 12.1. The van der Waals surface area contributed by atoms with Crippen molar-refractivity contribution in [3.05, 3.63) is 17.0 Å². The third kappa shape index (κ3) is 2.32. The number of carbonyl (C=O) groups excluding carboxylic acids is 1. The number of nitrogens with zero attached hydrogens (tertiary/aromatic N) is 2. The van der Waals surface area contributed by atoms with Crippen molar-refractivity contribution in [3.63, 3.8) is 0 Å². The topological polar surface area (TPSA) is 44.1 Å². The first-order valence-corrected chi connectivity index (χ1v) is 5.73. The molecule has 1 heterocycles. The molecular weight excluding hydrogens is 204 g/mol. The van der Waals surface area contributed by atoms with Crippen molar-refractivity contribution >= 4 is 6.29 Å². The van der Waals surface area contributed by atoms with Gasteiger partial charge in [0.25, 0.3) is 0 Å². The van der Waals surface area contributed by atoms with Gasteiger partial charge in [-0.05, 0) is 19.8 Å². The van der Waals surface area contributed by atoms with Crippen molar-refractivity contribution in [3.8, 4) is 0 Å². The van der Waals surface area contributed by atoms with Gasteiger partial charge in [0.05, 0.1) is 23.9 Å². The highest BCUT2D eigenvalue weighted by molar-refractivity contribution is 5.78. The molecular formula is C12H20N2O2. The maximum absolute atomic E-state index is 11.1. The Kier molecular flexibility index (Phi) is 4.68. The first-order chi connectivity index (χ1) is 7.69. The third-order valence-electron chi connectivity index (χ3n) is 2.74. The van der Waals surface area contributed by atoms with Gasteiger partial charge >= 0.3 is 0 Å². The van der Waals surface area contributed by atoms with Crippen molar-refractivity contribution in [2.45, 2.75) is 39.7 Å². The molecule has 0 aliphatic heterocycles. The number of hydrogen-bond acceptors (Lipinski definition) is 3. The van der Waals surface area contributed by atoms with E-state index < -0.39 is 0 Å². The van der Waals surface area contributed by atoms with Crippen LogP contribution in [0.15, 0.2) is 0 Å². The summed E-state index contributed by atoms with van der Waals surface area (Å²) in [5, 5.41) is 4.49. The molecule has 0 saturated carbocycles. The van der Waals surface area contributed by atoms with Crippen molar-refractivity contribution in [1.82, 2.24) is 9.78 Å². The minimum Gasteiger partial charge on any atom is -0.382 e. The molecule has 1 aromatic heterocycles. The summed E-state index contributed by atoms with van der Waals surface area (Å²) in [6.07, 6.45) is 2.52. The van der Waals surface area contributed by atoms with Gasteiger partial charge in [-0.25, -0.2) is 0 Å². The molecule has 1 aromatic rings. The highest BCUT2D eigenvalue weighted by Crippen LogP contribution is 2.18. The Balaban J connectivity index is 3.17. The number of hydrogen-bond donors (Lipinski definition) is 0. The molecule has 0 radical (unpaired) electrons. The highest BCUT2D eigenvalue weighted by atomic mass is 16.5. The summed E-state index contributed by atoms with van der Waals surface area (Å²) >= 11 is 0. The maximum Gasteiger partial charge on any atom is 0.153 e. The molecule has 0 aromatic carbocycles. The second kappa shape index (κ2) is 5.80. The zero-order valence-corrected chi connectivity index (χ0v) is 10.5. The summed E-state index contributed by atoms with van der Waals surface area (Å²) in [4.78, 5) is 11.1. The number of ether oxygens (including phenoxy) is 1. The van der Waals surface area contributed by atoms with E-state index in [0.29, 0.717) is 6.61 Å². The van der Waals surface area contributed by atoms with E-state index in [1.165, 1.54) is 0 Å². The Morgan fingerprint density at radius 1 is 1.44 bits per heavy atom. The molecule has 0 aliphatic carbocycles. The standard InChI is InChI=1S/C12H20N2O2/c1-5-11-10(7-15)12(6-2)14(13-11)9(3)8-16-4/h7,9H,5-6,8H2,1-4H3. The SMILES string of the molecule is CCc1nn(C(C)COC)c(CC)c1C=O. The number of carbonyl (C=O) groups is 1. The quantitative estimate of drug-likeness (QED) is 0.694. The van der Waals surface area contributed by atoms with Gasteiger partial charge in [0.2, 0.25) is 0 Å². The first kappa shape index (κ1) is 12.9. The molecule has 0 spiro atoms. The Hall–Kier alpha value is -1.16. The second-order valence-electron chi connectivity index (χ2n) is 3.88. The number of aryl methyl sites for hydroxylation is 1. The molecule has 4 nitrogen and oxygen atoms in total. The second-order valence-corrected chi connectivity index (χ2v) is 3.88. The molecule has 0 bridgehead atoms. The van der Waals surface area contributed by atoms with E-state index >= 15 is 0 Å². The van der Waals surface area contributed by atoms with Crippen molar-refractivity contribution < 1.29 is 9.53 Å². The van der Waals surface area contributed by atoms with Gasteiger partial charge in [0.1, 0.15) is 0 Å². The minimum atomic E-state index is 0.166. The molecule has 1 unspecified atom stereocenters. The Bertz CT molecular complexity index is 358. The Labute approximate surface area is 96.6 Å². The third-order valence-corrected chi connectivity index (χ3v) is 2.74. The van der Waals surface area contributed by atoms with Gasteiger partial charge in [0.15, 0.2) is 6.29 Å². The van der Waals surface area contributed by atoms with Gasteiger partial charge in [-0.2, -0.15) is 5.10 Å². The van der Waals surface area contributed by atoms with Gasteiger partial charge in [-0.3, -0.25) is 9.48 Å². The van der Waals surface area contributed by atoms with Gasteiger partial charge in [-0.1, -0.05) is 13.8 Å². The summed E-state index contributed by atoms with van der Waals surface area (Å²) in [5.74, 6) is 0. The molecule has 0 aliphatic rings. The van der Waals surface area contributed by atoms with Crippen LogP contribution in [0.5, 0.6) is 0 Å². The molecule has 1 rings (SSSR count). The zero-order valence-electron chi connectivity index (χ0n) is 10.5. The van der Waals surface area contributed by atoms with Gasteiger partial charge < -0.3 is 4.74 Å². The van der Waals surface area contributed by atoms with Crippen LogP contribution < -0.4 is 0 Å². The van der Waals surface area contributed by atoms with Crippen LogP contribution in [0, 0.1) is 0 Å². The Morgan fingerprint density at radius 3 is 2.56 bits per heavy atom. The van der Waals surface area contributed by atoms with Crippen LogP contribution in [0.4, 0.5) is 0 Å². The van der Waals surface area contributed by atoms with E-state index in [1.807, 2.05) is 25.5 Å². The van der Waals surface area contributed by atoms with Crippen LogP contribution in [0.2, 0.25) is 0 Å². The summed E-state index contributed by atoms with van der Waals surface area (Å²) in [6.45, 7) is 6.71. The largest absolute Gasteiger partial charge is 0.382 e. The lowest BCUT2D eigenvalue weighted by molar-refractivity contribution is 0.112. The average molecular weight is 224 g/mol.